The van der Waals surface area contributed by atoms with Gasteiger partial charge in [-0.05, 0) is 92.2 Å². The number of carbonyl (C=O) groups excluding carboxylic acids is 1. The topological polar surface area (TPSA) is 63.0 Å². The number of benzene rings is 1. The summed E-state index contributed by atoms with van der Waals surface area (Å²) in [5.41, 5.74) is 6.28. The van der Waals surface area contributed by atoms with Crippen LogP contribution < -0.4 is 4.90 Å². The summed E-state index contributed by atoms with van der Waals surface area (Å²) in [5.74, 6) is 0.840. The van der Waals surface area contributed by atoms with Crippen molar-refractivity contribution in [2.24, 2.45) is 4.99 Å². The third-order valence-electron chi connectivity index (χ3n) is 6.34. The Morgan fingerprint density at radius 1 is 1.06 bits per heavy atom. The van der Waals surface area contributed by atoms with E-state index >= 15 is 0 Å². The Hall–Kier alpha value is -3.36. The maximum absolute atomic E-state index is 13.0. The van der Waals surface area contributed by atoms with Crippen molar-refractivity contribution in [3.63, 3.8) is 0 Å². The number of ether oxygens (including phenoxy) is 1. The van der Waals surface area contributed by atoms with E-state index in [1.807, 2.05) is 30.5 Å². The van der Waals surface area contributed by atoms with E-state index in [4.69, 9.17) is 9.73 Å². The third-order valence-corrected chi connectivity index (χ3v) is 7.40. The molecule has 3 aromatic rings. The largest absolute Gasteiger partial charge is 0.378 e. The smallest absolute Gasteiger partial charge is 0.266 e. The molecule has 0 saturated carbocycles. The Kier molecular flexibility index (Phi) is 6.49. The molecular formula is C27H29N5O2S. The van der Waals surface area contributed by atoms with Gasteiger partial charge in [-0.1, -0.05) is 0 Å². The van der Waals surface area contributed by atoms with Crippen LogP contribution in [0.15, 0.2) is 58.6 Å². The van der Waals surface area contributed by atoms with E-state index in [1.165, 1.54) is 17.4 Å². The zero-order chi connectivity index (χ0) is 24.5. The molecule has 0 N–H and O–H groups in total. The van der Waals surface area contributed by atoms with Crippen LogP contribution >= 0.6 is 11.8 Å². The predicted octanol–water partition coefficient (Wildman–Crippen LogP) is 4.87. The summed E-state index contributed by atoms with van der Waals surface area (Å²) in [6.45, 7) is 9.48. The van der Waals surface area contributed by atoms with Crippen molar-refractivity contribution in [1.82, 2.24) is 14.5 Å². The molecule has 7 nitrogen and oxygen atoms in total. The van der Waals surface area contributed by atoms with Crippen molar-refractivity contribution in [2.75, 3.05) is 38.3 Å². The number of thioether (sulfide) groups is 1. The van der Waals surface area contributed by atoms with Crippen LogP contribution in [0.3, 0.4) is 0 Å². The number of rotatable bonds is 4. The molecule has 1 amide bonds. The molecule has 1 aromatic carbocycles. The number of likely N-dealkylation sites (N-methyl/N-ethyl adjacent to an activating group) is 1. The second-order valence-corrected chi connectivity index (χ2v) is 9.85. The van der Waals surface area contributed by atoms with Gasteiger partial charge in [-0.2, -0.15) is 0 Å². The van der Waals surface area contributed by atoms with Crippen molar-refractivity contribution in [3.05, 3.63) is 76.1 Å². The van der Waals surface area contributed by atoms with E-state index in [0.29, 0.717) is 10.1 Å². The number of morpholine rings is 1. The highest BCUT2D eigenvalue weighted by Crippen LogP contribution is 2.34. The second kappa shape index (κ2) is 9.71. The maximum Gasteiger partial charge on any atom is 0.266 e. The molecule has 2 saturated heterocycles. The molecule has 8 heteroatoms. The number of carbonyl (C=O) groups is 1. The lowest BCUT2D eigenvalue weighted by Crippen LogP contribution is -2.36. The number of amides is 1. The van der Waals surface area contributed by atoms with Gasteiger partial charge in [0.2, 0.25) is 0 Å². The van der Waals surface area contributed by atoms with Gasteiger partial charge in [0.15, 0.2) is 5.17 Å². The normalized spacial score (nSPS) is 18.8. The quantitative estimate of drug-likeness (QED) is 0.492. The lowest BCUT2D eigenvalue weighted by molar-refractivity contribution is -0.121. The highest BCUT2D eigenvalue weighted by Gasteiger charge is 2.31. The molecule has 2 aromatic heterocycles. The van der Waals surface area contributed by atoms with Crippen LogP contribution in [-0.4, -0.2) is 58.9 Å². The van der Waals surface area contributed by atoms with Crippen molar-refractivity contribution >= 4 is 40.3 Å². The number of hydrogen-bond donors (Lipinski definition) is 0. The van der Waals surface area contributed by atoms with E-state index < -0.39 is 0 Å². The molecule has 0 atom stereocenters. The zero-order valence-electron chi connectivity index (χ0n) is 20.5. The minimum absolute atomic E-state index is 0.0443. The lowest BCUT2D eigenvalue weighted by Gasteiger charge is -2.28. The average Bonchev–Trinajstić information content (AvgIpc) is 3.29. The molecule has 0 spiro atoms. The Morgan fingerprint density at radius 3 is 2.51 bits per heavy atom. The number of hydrogen-bond acceptors (Lipinski definition) is 6. The molecule has 0 unspecified atom stereocenters. The Labute approximate surface area is 210 Å². The van der Waals surface area contributed by atoms with Crippen LogP contribution in [0.5, 0.6) is 0 Å². The zero-order valence-corrected chi connectivity index (χ0v) is 21.3. The maximum atomic E-state index is 13.0. The van der Waals surface area contributed by atoms with Gasteiger partial charge >= 0.3 is 0 Å². The molecule has 0 radical (unpaired) electrons. The van der Waals surface area contributed by atoms with Gasteiger partial charge in [0.05, 0.1) is 23.8 Å². The highest BCUT2D eigenvalue weighted by molar-refractivity contribution is 8.18. The first kappa shape index (κ1) is 23.4. The van der Waals surface area contributed by atoms with Gasteiger partial charge < -0.3 is 14.2 Å². The van der Waals surface area contributed by atoms with E-state index in [1.54, 1.807) is 11.9 Å². The first-order chi connectivity index (χ1) is 16.9. The summed E-state index contributed by atoms with van der Waals surface area (Å²) < 4.78 is 7.56. The van der Waals surface area contributed by atoms with Gasteiger partial charge in [-0.15, -0.1) is 0 Å². The van der Waals surface area contributed by atoms with Gasteiger partial charge in [-0.3, -0.25) is 9.69 Å². The van der Waals surface area contributed by atoms with Gasteiger partial charge in [-0.25, -0.2) is 9.98 Å². The molecule has 0 aliphatic carbocycles. The Bertz CT molecular complexity index is 1320. The Balaban J connectivity index is 1.38. The Morgan fingerprint density at radius 2 is 1.80 bits per heavy atom. The van der Waals surface area contributed by atoms with Gasteiger partial charge in [0.25, 0.3) is 5.91 Å². The standard InChI is InChI=1S/C27H29N5O2S/c1-18-9-10-28-25(15-18)32-19(2)16-21(20(32)3)17-24-26(33)30(4)27(35-24)29-22-5-7-23(8-6-22)31-11-13-34-14-12-31/h5-10,15-17H,11-14H2,1-4H3/b24-17-,29-27?. The molecule has 2 fully saturated rings. The van der Waals surface area contributed by atoms with E-state index in [-0.39, 0.29) is 5.91 Å². The average molecular weight is 488 g/mol. The third kappa shape index (κ3) is 4.76. The molecule has 180 valence electrons. The number of aromatic nitrogens is 2. The van der Waals surface area contributed by atoms with Crippen LogP contribution in [0.2, 0.25) is 0 Å². The number of aryl methyl sites for hydroxylation is 2. The van der Waals surface area contributed by atoms with E-state index in [2.05, 4.69) is 59.5 Å². The molecule has 5 rings (SSSR count). The molecular weight excluding hydrogens is 458 g/mol. The molecule has 2 aliphatic heterocycles. The van der Waals surface area contributed by atoms with Crippen molar-refractivity contribution in [1.29, 1.82) is 0 Å². The second-order valence-electron chi connectivity index (χ2n) is 8.84. The fourth-order valence-corrected chi connectivity index (χ4v) is 5.37. The molecule has 0 bridgehead atoms. The van der Waals surface area contributed by atoms with Gasteiger partial charge in [0, 0.05) is 43.4 Å². The van der Waals surface area contributed by atoms with E-state index in [9.17, 15) is 4.79 Å². The van der Waals surface area contributed by atoms with Gasteiger partial charge in [0.1, 0.15) is 5.82 Å². The fourth-order valence-electron chi connectivity index (χ4n) is 4.39. The number of amidine groups is 1. The number of nitrogens with zero attached hydrogens (tertiary/aromatic N) is 5. The van der Waals surface area contributed by atoms with Crippen molar-refractivity contribution in [3.8, 4) is 5.82 Å². The summed E-state index contributed by atoms with van der Waals surface area (Å²) in [6, 6.07) is 14.3. The predicted molar refractivity (Wildman–Crippen MR) is 143 cm³/mol. The SMILES string of the molecule is Cc1ccnc(-n2c(C)cc(/C=C3\SC(=Nc4ccc(N5CCOCC5)cc4)N(C)C3=O)c2C)c1. The number of aliphatic imine (C=N–C) groups is 1. The molecule has 4 heterocycles. The summed E-state index contributed by atoms with van der Waals surface area (Å²) in [6.07, 6.45) is 3.78. The van der Waals surface area contributed by atoms with Crippen molar-refractivity contribution < 1.29 is 9.53 Å². The van der Waals surface area contributed by atoms with Crippen LogP contribution in [0.25, 0.3) is 11.9 Å². The van der Waals surface area contributed by atoms with Crippen molar-refractivity contribution in [2.45, 2.75) is 20.8 Å². The number of pyridine rings is 1. The summed E-state index contributed by atoms with van der Waals surface area (Å²) in [4.78, 5) is 26.9. The van der Waals surface area contributed by atoms with Crippen LogP contribution in [0, 0.1) is 20.8 Å². The first-order valence-electron chi connectivity index (χ1n) is 11.7. The minimum Gasteiger partial charge on any atom is -0.378 e. The monoisotopic (exact) mass is 487 g/mol. The minimum atomic E-state index is -0.0443. The van der Waals surface area contributed by atoms with Crippen LogP contribution in [0.4, 0.5) is 11.4 Å². The highest BCUT2D eigenvalue weighted by atomic mass is 32.2. The summed E-state index contributed by atoms with van der Waals surface area (Å²) in [7, 11) is 1.77. The van der Waals surface area contributed by atoms with E-state index in [0.717, 1.165) is 60.3 Å². The molecule has 35 heavy (non-hydrogen) atoms. The van der Waals surface area contributed by atoms with Crippen LogP contribution in [-0.2, 0) is 9.53 Å². The first-order valence-corrected chi connectivity index (χ1v) is 12.5. The summed E-state index contributed by atoms with van der Waals surface area (Å²) in [5, 5.41) is 0.675. The number of anilines is 1. The summed E-state index contributed by atoms with van der Waals surface area (Å²) >= 11 is 1.41. The molecule has 2 aliphatic rings. The lowest BCUT2D eigenvalue weighted by atomic mass is 10.2. The van der Waals surface area contributed by atoms with Crippen LogP contribution in [0.1, 0.15) is 22.5 Å². The fraction of sp³-hybridized carbons (Fsp3) is 0.296.